The molecule has 3 aliphatic rings. The topological polar surface area (TPSA) is 6.48 Å². The second-order valence-corrected chi connectivity index (χ2v) is 7.95. The molecule has 0 N–H and O–H groups in total. The molecule has 3 fully saturated rings. The molecule has 2 heteroatoms. The van der Waals surface area contributed by atoms with Gasteiger partial charge >= 0.3 is 0 Å². The minimum atomic E-state index is 0.726. The third-order valence-corrected chi connectivity index (χ3v) is 6.16. The molecule has 2 heterocycles. The van der Waals surface area contributed by atoms with Gasteiger partial charge in [-0.3, -0.25) is 4.90 Å². The number of rotatable bonds is 2. The lowest BCUT2D eigenvalue weighted by Gasteiger charge is -2.56. The molecule has 0 amide bonds. The van der Waals surface area contributed by atoms with E-state index in [1.807, 2.05) is 0 Å². The molecular weight excluding hydrogens is 232 g/mol. The van der Waals surface area contributed by atoms with Crippen LogP contribution in [0.25, 0.3) is 0 Å². The first-order valence-corrected chi connectivity index (χ1v) is 8.56. The molecule has 19 heavy (non-hydrogen) atoms. The van der Waals surface area contributed by atoms with E-state index in [0.29, 0.717) is 0 Å². The molecule has 2 saturated heterocycles. The molecule has 2 aliphatic heterocycles. The normalized spacial score (nSPS) is 30.9. The van der Waals surface area contributed by atoms with Crippen molar-refractivity contribution in [3.05, 3.63) is 0 Å². The van der Waals surface area contributed by atoms with Crippen molar-refractivity contribution in [2.24, 2.45) is 11.3 Å². The second kappa shape index (κ2) is 5.37. The van der Waals surface area contributed by atoms with Crippen molar-refractivity contribution < 1.29 is 0 Å². The average Bonchev–Trinajstić information content (AvgIpc) is 2.37. The van der Waals surface area contributed by atoms with Crippen molar-refractivity contribution in [3.63, 3.8) is 0 Å². The highest BCUT2D eigenvalue weighted by atomic mass is 15.2. The summed E-state index contributed by atoms with van der Waals surface area (Å²) in [6.07, 6.45) is 8.80. The van der Waals surface area contributed by atoms with E-state index in [1.54, 1.807) is 0 Å². The summed E-state index contributed by atoms with van der Waals surface area (Å²) in [4.78, 5) is 5.47. The van der Waals surface area contributed by atoms with Gasteiger partial charge in [0.05, 0.1) is 0 Å². The summed E-state index contributed by atoms with van der Waals surface area (Å²) in [6.45, 7) is 12.6. The van der Waals surface area contributed by atoms with Gasteiger partial charge in [0.25, 0.3) is 0 Å². The number of nitrogens with zero attached hydrogens (tertiary/aromatic N) is 2. The average molecular weight is 264 g/mol. The highest BCUT2D eigenvalue weighted by Gasteiger charge is 2.46. The first-order valence-electron chi connectivity index (χ1n) is 8.56. The number of hydrogen-bond acceptors (Lipinski definition) is 2. The molecular formula is C17H32N2. The fourth-order valence-electron chi connectivity index (χ4n) is 4.47. The molecule has 110 valence electrons. The second-order valence-electron chi connectivity index (χ2n) is 7.95. The largest absolute Gasteiger partial charge is 0.300 e. The summed E-state index contributed by atoms with van der Waals surface area (Å²) in [7, 11) is 0. The third kappa shape index (κ3) is 2.85. The smallest absolute Gasteiger partial charge is 0.00957 e. The van der Waals surface area contributed by atoms with Gasteiger partial charge in [0.2, 0.25) is 0 Å². The van der Waals surface area contributed by atoms with Gasteiger partial charge in [-0.15, -0.1) is 0 Å². The van der Waals surface area contributed by atoms with Crippen molar-refractivity contribution in [1.29, 1.82) is 0 Å². The van der Waals surface area contributed by atoms with Gasteiger partial charge in [0.15, 0.2) is 0 Å². The zero-order chi connectivity index (χ0) is 13.5. The molecule has 0 aromatic rings. The predicted molar refractivity (Wildman–Crippen MR) is 81.4 cm³/mol. The van der Waals surface area contributed by atoms with Crippen LogP contribution in [0.4, 0.5) is 0 Å². The van der Waals surface area contributed by atoms with Crippen LogP contribution >= 0.6 is 0 Å². The van der Waals surface area contributed by atoms with Crippen LogP contribution in [-0.4, -0.2) is 48.1 Å². The first kappa shape index (κ1) is 13.9. The minimum Gasteiger partial charge on any atom is -0.300 e. The Morgan fingerprint density at radius 1 is 0.947 bits per heavy atom. The van der Waals surface area contributed by atoms with Gasteiger partial charge in [0.1, 0.15) is 0 Å². The van der Waals surface area contributed by atoms with Crippen LogP contribution in [0.5, 0.6) is 0 Å². The fraction of sp³-hybridized carbons (Fsp3) is 1.00. The van der Waals surface area contributed by atoms with Gasteiger partial charge in [-0.2, -0.15) is 0 Å². The van der Waals surface area contributed by atoms with Crippen molar-refractivity contribution in [2.45, 2.75) is 71.4 Å². The third-order valence-electron chi connectivity index (χ3n) is 6.16. The van der Waals surface area contributed by atoms with E-state index in [1.165, 1.54) is 64.7 Å². The zero-order valence-corrected chi connectivity index (χ0v) is 13.2. The van der Waals surface area contributed by atoms with Crippen molar-refractivity contribution in [2.75, 3.05) is 26.2 Å². The van der Waals surface area contributed by atoms with E-state index < -0.39 is 0 Å². The molecule has 0 atom stereocenters. The molecule has 0 bridgehead atoms. The summed E-state index contributed by atoms with van der Waals surface area (Å²) in [6, 6.07) is 1.68. The van der Waals surface area contributed by atoms with Crippen LogP contribution in [0.1, 0.15) is 59.3 Å². The molecule has 0 unspecified atom stereocenters. The first-order chi connectivity index (χ1) is 9.08. The van der Waals surface area contributed by atoms with Gasteiger partial charge in [-0.25, -0.2) is 0 Å². The Morgan fingerprint density at radius 3 is 2.05 bits per heavy atom. The monoisotopic (exact) mass is 264 g/mol. The fourth-order valence-corrected chi connectivity index (χ4v) is 4.47. The summed E-state index contributed by atoms with van der Waals surface area (Å²) < 4.78 is 0. The standard InChI is InChI=1S/C17H32N2/c1-14(2)19-12-17(13-19)8-4-16(5-9-17)18-10-6-15(3)7-11-18/h14-16H,4-13H2,1-3H3. The molecule has 1 aliphatic carbocycles. The lowest BCUT2D eigenvalue weighted by Crippen LogP contribution is -2.60. The van der Waals surface area contributed by atoms with Crippen LogP contribution < -0.4 is 0 Å². The zero-order valence-electron chi connectivity index (χ0n) is 13.2. The lowest BCUT2D eigenvalue weighted by molar-refractivity contribution is -0.0629. The Bertz CT molecular complexity index is 288. The molecule has 3 rings (SSSR count). The summed E-state index contributed by atoms with van der Waals surface area (Å²) >= 11 is 0. The Hall–Kier alpha value is -0.0800. The van der Waals surface area contributed by atoms with E-state index in [9.17, 15) is 0 Å². The Kier molecular flexibility index (Phi) is 3.92. The van der Waals surface area contributed by atoms with E-state index in [-0.39, 0.29) is 0 Å². The lowest BCUT2D eigenvalue weighted by atomic mass is 9.66. The molecule has 1 saturated carbocycles. The quantitative estimate of drug-likeness (QED) is 0.754. The minimum absolute atomic E-state index is 0.726. The van der Waals surface area contributed by atoms with Crippen LogP contribution in [-0.2, 0) is 0 Å². The number of hydrogen-bond donors (Lipinski definition) is 0. The van der Waals surface area contributed by atoms with Gasteiger partial charge < -0.3 is 4.90 Å². The molecule has 1 spiro atoms. The van der Waals surface area contributed by atoms with Gasteiger partial charge in [-0.1, -0.05) is 6.92 Å². The summed E-state index contributed by atoms with van der Waals surface area (Å²) in [5.74, 6) is 0.970. The highest BCUT2D eigenvalue weighted by molar-refractivity contribution is 5.00. The van der Waals surface area contributed by atoms with E-state index in [4.69, 9.17) is 0 Å². The Labute approximate surface area is 119 Å². The van der Waals surface area contributed by atoms with E-state index >= 15 is 0 Å². The van der Waals surface area contributed by atoms with Crippen LogP contribution in [0.3, 0.4) is 0 Å². The molecule has 0 aromatic heterocycles. The van der Waals surface area contributed by atoms with E-state index in [0.717, 1.165) is 23.4 Å². The summed E-state index contributed by atoms with van der Waals surface area (Å²) in [5.41, 5.74) is 0.726. The van der Waals surface area contributed by atoms with Crippen molar-refractivity contribution >= 4 is 0 Å². The Morgan fingerprint density at radius 2 is 1.53 bits per heavy atom. The van der Waals surface area contributed by atoms with Crippen LogP contribution in [0.15, 0.2) is 0 Å². The van der Waals surface area contributed by atoms with E-state index in [2.05, 4.69) is 30.6 Å². The maximum atomic E-state index is 2.81. The molecule has 2 nitrogen and oxygen atoms in total. The number of likely N-dealkylation sites (tertiary alicyclic amines) is 2. The predicted octanol–water partition coefficient (Wildman–Crippen LogP) is 3.37. The number of piperidine rings is 1. The van der Waals surface area contributed by atoms with Crippen LogP contribution in [0, 0.1) is 11.3 Å². The summed E-state index contributed by atoms with van der Waals surface area (Å²) in [5, 5.41) is 0. The maximum Gasteiger partial charge on any atom is 0.00957 e. The Balaban J connectivity index is 1.45. The van der Waals surface area contributed by atoms with Crippen molar-refractivity contribution in [1.82, 2.24) is 9.80 Å². The van der Waals surface area contributed by atoms with Crippen LogP contribution in [0.2, 0.25) is 0 Å². The maximum absolute atomic E-state index is 2.81. The van der Waals surface area contributed by atoms with Gasteiger partial charge in [0, 0.05) is 25.2 Å². The molecule has 0 aromatic carbocycles. The SMILES string of the molecule is CC1CCN(C2CCC3(CC2)CN(C(C)C)C3)CC1. The van der Waals surface area contributed by atoms with Gasteiger partial charge in [-0.05, 0) is 76.8 Å². The van der Waals surface area contributed by atoms with Crippen molar-refractivity contribution in [3.8, 4) is 0 Å². The molecule has 0 radical (unpaired) electrons. The highest BCUT2D eigenvalue weighted by Crippen LogP contribution is 2.45.